The molecule has 2 aliphatic rings. The Morgan fingerprint density at radius 3 is 1.10 bits per heavy atom. The molecule has 0 unspecified atom stereocenters. The minimum absolute atomic E-state index is 0.292. The van der Waals surface area contributed by atoms with E-state index in [9.17, 15) is 9.59 Å². The van der Waals surface area contributed by atoms with Crippen LogP contribution in [0.3, 0.4) is 0 Å². The van der Waals surface area contributed by atoms with Crippen molar-refractivity contribution in [3.63, 3.8) is 0 Å². The van der Waals surface area contributed by atoms with Gasteiger partial charge in [-0.15, -0.1) is 0 Å². The van der Waals surface area contributed by atoms with Crippen LogP contribution in [0.15, 0.2) is 146 Å². The Morgan fingerprint density at radius 2 is 0.735 bits per heavy atom. The van der Waals surface area contributed by atoms with Gasteiger partial charge in [-0.1, -0.05) is 84.9 Å². The highest BCUT2D eigenvalue weighted by atomic mass is 16.6. The van der Waals surface area contributed by atoms with Crippen LogP contribution in [0.1, 0.15) is 59.1 Å². The summed E-state index contributed by atoms with van der Waals surface area (Å²) in [5.74, 6) is 2.34. The van der Waals surface area contributed by atoms with Crippen molar-refractivity contribution in [1.82, 2.24) is 19.9 Å². The van der Waals surface area contributed by atoms with Crippen LogP contribution in [-0.2, 0) is 35.3 Å². The smallest absolute Gasteiger partial charge is 0.349 e. The van der Waals surface area contributed by atoms with Crippen molar-refractivity contribution in [2.24, 2.45) is 0 Å². The first-order chi connectivity index (χ1) is 33.3. The first-order valence-electron chi connectivity index (χ1n) is 23.3. The highest BCUT2D eigenvalue weighted by molar-refractivity contribution is 5.85. The lowest BCUT2D eigenvalue weighted by molar-refractivity contribution is -0.137. The molecule has 2 aliphatic carbocycles. The van der Waals surface area contributed by atoms with Gasteiger partial charge in [0.1, 0.15) is 23.0 Å². The minimum Gasteiger partial charge on any atom is -0.481 e. The zero-order valence-electron chi connectivity index (χ0n) is 38.2. The number of nitrogens with zero attached hydrogens (tertiary/aromatic N) is 4. The number of hydrogen-bond acceptors (Lipinski definition) is 10. The van der Waals surface area contributed by atoms with Gasteiger partial charge < -0.3 is 18.9 Å². The van der Waals surface area contributed by atoms with Crippen LogP contribution in [-0.4, -0.2) is 45.1 Å². The van der Waals surface area contributed by atoms with Gasteiger partial charge in [-0.2, -0.15) is 0 Å². The molecule has 0 saturated carbocycles. The third-order valence-corrected chi connectivity index (χ3v) is 12.6. The molecule has 0 saturated heterocycles. The van der Waals surface area contributed by atoms with E-state index in [1.54, 1.807) is 24.3 Å². The van der Waals surface area contributed by atoms with Gasteiger partial charge in [-0.05, 0) is 157 Å². The second-order valence-electron chi connectivity index (χ2n) is 17.5. The van der Waals surface area contributed by atoms with Crippen LogP contribution >= 0.6 is 0 Å². The molecule has 0 amide bonds. The van der Waals surface area contributed by atoms with E-state index in [2.05, 4.69) is 32.1 Å². The number of aromatic nitrogens is 4. The minimum atomic E-state index is -0.516. The molecule has 2 heterocycles. The van der Waals surface area contributed by atoms with Crippen molar-refractivity contribution >= 4 is 11.9 Å². The van der Waals surface area contributed by atoms with Crippen LogP contribution in [0.25, 0.3) is 56.2 Å². The van der Waals surface area contributed by atoms with Gasteiger partial charge in [0.2, 0.25) is 0 Å². The van der Waals surface area contributed by atoms with Crippen molar-refractivity contribution in [2.75, 3.05) is 13.2 Å². The number of hydrogen-bond donors (Lipinski definition) is 0. The summed E-state index contributed by atoms with van der Waals surface area (Å²) in [6.45, 7) is 3.35. The Hall–Kier alpha value is -7.98. The molecular formula is C58H50N4O6. The second kappa shape index (κ2) is 19.9. The van der Waals surface area contributed by atoms with E-state index in [0.717, 1.165) is 107 Å². The van der Waals surface area contributed by atoms with E-state index >= 15 is 0 Å². The van der Waals surface area contributed by atoms with Gasteiger partial charge in [0.25, 0.3) is 0 Å². The average molecular weight is 899 g/mol. The summed E-state index contributed by atoms with van der Waals surface area (Å²) in [6.07, 6.45) is 15.2. The maximum absolute atomic E-state index is 13.4. The van der Waals surface area contributed by atoms with Crippen LogP contribution in [0.2, 0.25) is 0 Å². The van der Waals surface area contributed by atoms with Gasteiger partial charge in [-0.3, -0.25) is 0 Å². The van der Waals surface area contributed by atoms with Crippen LogP contribution < -0.4 is 18.9 Å². The number of rotatable bonds is 13. The Bertz CT molecular complexity index is 2870. The Kier molecular flexibility index (Phi) is 12.8. The molecule has 8 aromatic rings. The number of ether oxygens (including phenoxy) is 4. The predicted octanol–water partition coefficient (Wildman–Crippen LogP) is 11.9. The second-order valence-corrected chi connectivity index (χ2v) is 17.5. The van der Waals surface area contributed by atoms with Crippen molar-refractivity contribution in [3.05, 3.63) is 179 Å². The number of fused-ring (bicyclic) bond motifs is 2. The molecule has 6 aromatic carbocycles. The quantitative estimate of drug-likeness (QED) is 0.0816. The van der Waals surface area contributed by atoms with Crippen LogP contribution in [0, 0.1) is 13.8 Å². The van der Waals surface area contributed by atoms with Gasteiger partial charge in [0.05, 0.1) is 0 Å². The highest BCUT2D eigenvalue weighted by Crippen LogP contribution is 2.47. The summed E-state index contributed by atoms with van der Waals surface area (Å²) >= 11 is 0. The number of aryl methyl sites for hydroxylation is 4. The van der Waals surface area contributed by atoms with Crippen molar-refractivity contribution < 1.29 is 28.5 Å². The van der Waals surface area contributed by atoms with Crippen molar-refractivity contribution in [2.45, 2.75) is 65.2 Å². The maximum atomic E-state index is 13.4. The average Bonchev–Trinajstić information content (AvgIpc) is 3.38. The SMILES string of the molecule is Cc1cnc(-c2ccc(-c3ccc(OC(=O)COc4ccc5c(c4-c4c(OCC(=O)Oc6ccc(-c7ccc(-c8ncc(C)cn8)cc7)cc6)ccc6c4CCCC6)CCCC5)cc3)cc2)nc1. The summed E-state index contributed by atoms with van der Waals surface area (Å²) in [6, 6.07) is 39.2. The van der Waals surface area contributed by atoms with Gasteiger partial charge in [-0.25, -0.2) is 29.5 Å². The summed E-state index contributed by atoms with van der Waals surface area (Å²) in [7, 11) is 0. The molecule has 0 N–H and O–H groups in total. The fourth-order valence-electron chi connectivity index (χ4n) is 9.13. The Labute approximate surface area is 396 Å². The number of carbonyl (C=O) groups is 2. The van der Waals surface area contributed by atoms with E-state index in [-0.39, 0.29) is 13.2 Å². The Balaban J connectivity index is 0.826. The molecule has 0 fully saturated rings. The van der Waals surface area contributed by atoms with E-state index in [1.807, 2.05) is 124 Å². The molecule has 0 atom stereocenters. The fourth-order valence-corrected chi connectivity index (χ4v) is 9.13. The fraction of sp³-hybridized carbons (Fsp3) is 0.207. The maximum Gasteiger partial charge on any atom is 0.349 e. The molecule has 0 bridgehead atoms. The number of benzene rings is 6. The third-order valence-electron chi connectivity index (χ3n) is 12.6. The summed E-state index contributed by atoms with van der Waals surface area (Å²) in [5, 5.41) is 0. The molecule has 10 nitrogen and oxygen atoms in total. The topological polar surface area (TPSA) is 123 Å². The highest BCUT2D eigenvalue weighted by Gasteiger charge is 2.27. The van der Waals surface area contributed by atoms with E-state index < -0.39 is 11.9 Å². The summed E-state index contributed by atoms with van der Waals surface area (Å²) < 4.78 is 24.4. The Morgan fingerprint density at radius 1 is 0.412 bits per heavy atom. The van der Waals surface area contributed by atoms with Gasteiger partial charge in [0, 0.05) is 47.0 Å². The summed E-state index contributed by atoms with van der Waals surface area (Å²) in [5.41, 5.74) is 14.7. The van der Waals surface area contributed by atoms with E-state index in [1.165, 1.54) is 22.3 Å². The number of esters is 2. The normalized spacial score (nSPS) is 12.9. The van der Waals surface area contributed by atoms with E-state index in [4.69, 9.17) is 18.9 Å². The lowest BCUT2D eigenvalue weighted by Crippen LogP contribution is -2.20. The zero-order chi connectivity index (χ0) is 46.4. The zero-order valence-corrected chi connectivity index (χ0v) is 38.2. The largest absolute Gasteiger partial charge is 0.481 e. The first-order valence-corrected chi connectivity index (χ1v) is 23.3. The van der Waals surface area contributed by atoms with Gasteiger partial charge in [0.15, 0.2) is 24.9 Å². The molecule has 0 spiro atoms. The standard InChI is InChI=1S/C58H50N4O6/c1-37-31-59-57(60-32-37)45-15-11-39(12-16-45)41-19-25-47(26-20-41)67-53(63)35-65-51-29-23-43-7-3-5-9-49(43)55(51)56-50-10-6-4-8-44(50)24-30-52(56)66-36-54(64)68-48-27-21-42(22-28-48)40-13-17-46(18-14-40)58-61-33-38(2)34-62-58/h11-34H,3-10,35-36H2,1-2H3. The molecule has 338 valence electrons. The lowest BCUT2D eigenvalue weighted by atomic mass is 9.80. The molecule has 10 rings (SSSR count). The van der Waals surface area contributed by atoms with Crippen molar-refractivity contribution in [3.8, 4) is 79.2 Å². The molecule has 0 radical (unpaired) electrons. The predicted molar refractivity (Wildman–Crippen MR) is 263 cm³/mol. The molecule has 68 heavy (non-hydrogen) atoms. The summed E-state index contributed by atoms with van der Waals surface area (Å²) in [4.78, 5) is 44.6. The number of carbonyl (C=O) groups excluding carboxylic acids is 2. The van der Waals surface area contributed by atoms with Gasteiger partial charge >= 0.3 is 11.9 Å². The third kappa shape index (κ3) is 9.90. The monoisotopic (exact) mass is 898 g/mol. The lowest BCUT2D eigenvalue weighted by Gasteiger charge is -2.27. The molecule has 2 aromatic heterocycles. The van der Waals surface area contributed by atoms with Crippen LogP contribution in [0.4, 0.5) is 0 Å². The van der Waals surface area contributed by atoms with Crippen LogP contribution in [0.5, 0.6) is 23.0 Å². The van der Waals surface area contributed by atoms with Crippen molar-refractivity contribution in [1.29, 1.82) is 0 Å². The van der Waals surface area contributed by atoms with E-state index in [0.29, 0.717) is 34.6 Å². The molecule has 10 heteroatoms. The molecule has 0 aliphatic heterocycles. The molecular weight excluding hydrogens is 849 g/mol. The first kappa shape index (κ1) is 43.9.